The molecule has 1 fully saturated rings. The van der Waals surface area contributed by atoms with Gasteiger partial charge in [0, 0.05) is 20.0 Å². The number of nitrogens with zero attached hydrogens (tertiary/aromatic N) is 2. The van der Waals surface area contributed by atoms with E-state index in [1.165, 1.54) is 11.8 Å². The first kappa shape index (κ1) is 25.7. The molecule has 36 heavy (non-hydrogen) atoms. The number of halogens is 2. The highest BCUT2D eigenvalue weighted by Gasteiger charge is 2.47. The largest absolute Gasteiger partial charge is 0.490 e. The van der Waals surface area contributed by atoms with Crippen LogP contribution in [0.1, 0.15) is 18.9 Å². The number of carbonyl (C=O) groups is 3. The number of fused-ring (bicyclic) bond motifs is 2. The summed E-state index contributed by atoms with van der Waals surface area (Å²) in [6, 6.07) is 10.6. The SMILES string of the molecule is CC(=O)N1CC2CC(c3ccc(OCCOc4cccc(Cl)c4Cl)cc3)=C(C(=O)O)C(C1)N2C(=O)O. The molecule has 2 aromatic carbocycles. The van der Waals surface area contributed by atoms with E-state index in [4.69, 9.17) is 32.7 Å². The lowest BCUT2D eigenvalue weighted by Gasteiger charge is -2.49. The highest BCUT2D eigenvalue weighted by atomic mass is 35.5. The number of hydrogen-bond acceptors (Lipinski definition) is 5. The second-order valence-electron chi connectivity index (χ2n) is 8.46. The van der Waals surface area contributed by atoms with Gasteiger partial charge < -0.3 is 24.6 Å². The Morgan fingerprint density at radius 3 is 2.33 bits per heavy atom. The van der Waals surface area contributed by atoms with Gasteiger partial charge in [0.1, 0.15) is 29.7 Å². The Balaban J connectivity index is 1.49. The smallest absolute Gasteiger partial charge is 0.408 e. The van der Waals surface area contributed by atoms with Gasteiger partial charge in [0.25, 0.3) is 0 Å². The molecule has 0 spiro atoms. The molecule has 9 nitrogen and oxygen atoms in total. The second kappa shape index (κ2) is 10.7. The molecule has 11 heteroatoms. The van der Waals surface area contributed by atoms with E-state index in [2.05, 4.69) is 0 Å². The monoisotopic (exact) mass is 534 g/mol. The zero-order chi connectivity index (χ0) is 26.0. The van der Waals surface area contributed by atoms with Crippen molar-refractivity contribution in [3.05, 3.63) is 63.6 Å². The number of amides is 2. The zero-order valence-corrected chi connectivity index (χ0v) is 20.8. The van der Waals surface area contributed by atoms with Gasteiger partial charge in [0.2, 0.25) is 5.91 Å². The quantitative estimate of drug-likeness (QED) is 0.509. The fourth-order valence-corrected chi connectivity index (χ4v) is 5.01. The first-order valence-corrected chi connectivity index (χ1v) is 12.0. The van der Waals surface area contributed by atoms with Gasteiger partial charge in [0.05, 0.1) is 22.7 Å². The van der Waals surface area contributed by atoms with Crippen LogP contribution in [-0.2, 0) is 9.59 Å². The topological polar surface area (TPSA) is 117 Å². The highest BCUT2D eigenvalue weighted by Crippen LogP contribution is 2.39. The Labute approximate surface area is 217 Å². The van der Waals surface area contributed by atoms with Crippen molar-refractivity contribution >= 4 is 46.7 Å². The van der Waals surface area contributed by atoms with Crippen molar-refractivity contribution in [2.45, 2.75) is 25.4 Å². The van der Waals surface area contributed by atoms with Crippen LogP contribution < -0.4 is 9.47 Å². The van der Waals surface area contributed by atoms with E-state index >= 15 is 0 Å². The third-order valence-electron chi connectivity index (χ3n) is 6.28. The van der Waals surface area contributed by atoms with E-state index in [1.807, 2.05) is 0 Å². The molecule has 2 atom stereocenters. The number of carbonyl (C=O) groups excluding carboxylic acids is 1. The minimum Gasteiger partial charge on any atom is -0.490 e. The average molecular weight is 535 g/mol. The molecule has 0 aromatic heterocycles. The van der Waals surface area contributed by atoms with Crippen LogP contribution in [0.5, 0.6) is 11.5 Å². The lowest BCUT2D eigenvalue weighted by molar-refractivity contribution is -0.137. The molecule has 2 aliphatic rings. The van der Waals surface area contributed by atoms with Gasteiger partial charge in [-0.15, -0.1) is 0 Å². The van der Waals surface area contributed by atoms with Gasteiger partial charge in [-0.25, -0.2) is 9.59 Å². The molecule has 2 N–H and O–H groups in total. The number of carboxylic acids is 1. The van der Waals surface area contributed by atoms with E-state index in [0.29, 0.717) is 32.7 Å². The number of aliphatic carboxylic acids is 1. The fourth-order valence-electron chi connectivity index (χ4n) is 4.66. The summed E-state index contributed by atoms with van der Waals surface area (Å²) in [5, 5.41) is 20.5. The van der Waals surface area contributed by atoms with Crippen molar-refractivity contribution in [3.63, 3.8) is 0 Å². The summed E-state index contributed by atoms with van der Waals surface area (Å²) < 4.78 is 11.3. The third-order valence-corrected chi connectivity index (χ3v) is 7.08. The average Bonchev–Trinajstić information content (AvgIpc) is 2.83. The molecule has 2 aromatic rings. The number of rotatable bonds is 7. The number of piperazine rings is 1. The lowest BCUT2D eigenvalue weighted by atomic mass is 9.82. The maximum Gasteiger partial charge on any atom is 0.408 e. The molecular weight excluding hydrogens is 511 g/mol. The molecule has 2 aliphatic heterocycles. The Morgan fingerprint density at radius 2 is 1.69 bits per heavy atom. The molecular formula is C25H24Cl2N2O7. The molecule has 2 amide bonds. The van der Waals surface area contributed by atoms with Crippen molar-refractivity contribution in [1.82, 2.24) is 9.80 Å². The van der Waals surface area contributed by atoms with Crippen LogP contribution in [0.15, 0.2) is 48.0 Å². The summed E-state index contributed by atoms with van der Waals surface area (Å²) in [5.41, 5.74) is 1.21. The van der Waals surface area contributed by atoms with Crippen LogP contribution in [0.3, 0.4) is 0 Å². The first-order chi connectivity index (χ1) is 17.2. The van der Waals surface area contributed by atoms with E-state index < -0.39 is 24.1 Å². The van der Waals surface area contributed by atoms with Gasteiger partial charge in [-0.05, 0) is 41.8 Å². The maximum atomic E-state index is 12.2. The number of ether oxygens (including phenoxy) is 2. The Morgan fingerprint density at radius 1 is 1.00 bits per heavy atom. The Bertz CT molecular complexity index is 1220. The summed E-state index contributed by atoms with van der Waals surface area (Å²) in [6.07, 6.45) is -1.01. The number of benzene rings is 2. The third kappa shape index (κ3) is 5.22. The van der Waals surface area contributed by atoms with Crippen molar-refractivity contribution < 1.29 is 34.1 Å². The minimum absolute atomic E-state index is 0.00110. The van der Waals surface area contributed by atoms with E-state index in [-0.39, 0.29) is 44.2 Å². The molecule has 1 saturated heterocycles. The fraction of sp³-hybridized carbons (Fsp3) is 0.320. The molecule has 2 bridgehead atoms. The Kier molecular flexibility index (Phi) is 7.61. The van der Waals surface area contributed by atoms with Crippen molar-refractivity contribution in [1.29, 1.82) is 0 Å². The van der Waals surface area contributed by atoms with Crippen molar-refractivity contribution in [2.24, 2.45) is 0 Å². The summed E-state index contributed by atoms with van der Waals surface area (Å²) in [4.78, 5) is 38.8. The lowest BCUT2D eigenvalue weighted by Crippen LogP contribution is -2.64. The van der Waals surface area contributed by atoms with Crippen molar-refractivity contribution in [2.75, 3.05) is 26.3 Å². The molecule has 0 saturated carbocycles. The van der Waals surface area contributed by atoms with Crippen molar-refractivity contribution in [3.8, 4) is 11.5 Å². The van der Waals surface area contributed by atoms with Gasteiger partial charge >= 0.3 is 12.1 Å². The second-order valence-corrected chi connectivity index (χ2v) is 9.24. The van der Waals surface area contributed by atoms with Crippen LogP contribution in [-0.4, -0.2) is 76.4 Å². The number of hydrogen-bond donors (Lipinski definition) is 2. The molecule has 190 valence electrons. The summed E-state index contributed by atoms with van der Waals surface area (Å²) >= 11 is 12.1. The van der Waals surface area contributed by atoms with Gasteiger partial charge in [-0.1, -0.05) is 41.4 Å². The van der Waals surface area contributed by atoms with Gasteiger partial charge in [-0.3, -0.25) is 9.69 Å². The summed E-state index contributed by atoms with van der Waals surface area (Å²) in [6.45, 7) is 2.08. The van der Waals surface area contributed by atoms with Gasteiger partial charge in [-0.2, -0.15) is 0 Å². The van der Waals surface area contributed by atoms with Crippen LogP contribution in [0.4, 0.5) is 4.79 Å². The normalized spacial score (nSPS) is 19.2. The molecule has 0 radical (unpaired) electrons. The predicted molar refractivity (Wildman–Crippen MR) is 133 cm³/mol. The zero-order valence-electron chi connectivity index (χ0n) is 19.3. The van der Waals surface area contributed by atoms with E-state index in [9.17, 15) is 24.6 Å². The maximum absolute atomic E-state index is 12.2. The van der Waals surface area contributed by atoms with Crippen LogP contribution in [0, 0.1) is 0 Å². The standard InChI is InChI=1S/C25H24Cl2N2O7/c1-14(30)28-12-16-11-18(22(24(31)32)20(13-28)29(16)25(33)34)15-5-7-17(8-6-15)35-9-10-36-21-4-2-3-19(26)23(21)27/h2-8,16,20H,9-13H2,1H3,(H,31,32)(H,33,34). The number of carboxylic acid groups (broad SMARTS) is 2. The predicted octanol–water partition coefficient (Wildman–Crippen LogP) is 4.27. The van der Waals surface area contributed by atoms with Crippen LogP contribution in [0.25, 0.3) is 5.57 Å². The molecule has 4 rings (SSSR count). The van der Waals surface area contributed by atoms with Gasteiger partial charge in [0.15, 0.2) is 0 Å². The van der Waals surface area contributed by atoms with Crippen LogP contribution >= 0.6 is 23.2 Å². The Hall–Kier alpha value is -3.43. The summed E-state index contributed by atoms with van der Waals surface area (Å²) in [5.74, 6) is -0.408. The minimum atomic E-state index is -1.21. The van der Waals surface area contributed by atoms with E-state index in [1.54, 1.807) is 42.5 Å². The first-order valence-electron chi connectivity index (χ1n) is 11.2. The molecule has 2 unspecified atom stereocenters. The van der Waals surface area contributed by atoms with E-state index in [0.717, 1.165) is 4.90 Å². The highest BCUT2D eigenvalue weighted by molar-refractivity contribution is 6.42. The molecule has 2 heterocycles. The van der Waals surface area contributed by atoms with Crippen LogP contribution in [0.2, 0.25) is 10.0 Å². The summed E-state index contributed by atoms with van der Waals surface area (Å²) in [7, 11) is 0. The molecule has 0 aliphatic carbocycles.